The Bertz CT molecular complexity index is 703. The van der Waals surface area contributed by atoms with E-state index >= 15 is 0 Å². The van der Waals surface area contributed by atoms with Crippen LogP contribution < -0.4 is 10.6 Å². The van der Waals surface area contributed by atoms with Crippen molar-refractivity contribution in [3.63, 3.8) is 0 Å². The maximum absolute atomic E-state index is 13.0. The normalized spacial score (nSPS) is 11.9. The second-order valence-electron chi connectivity index (χ2n) is 5.28. The van der Waals surface area contributed by atoms with Crippen molar-refractivity contribution in [1.82, 2.24) is 0 Å². The highest BCUT2D eigenvalue weighted by atomic mass is 35.5. The SMILES string of the molecule is Cc1ccc(NC(C)C(=O)Nc2ccc(F)cc2Cl)cc1C. The molecule has 2 aromatic carbocycles. The van der Waals surface area contributed by atoms with Gasteiger partial charge in [-0.25, -0.2) is 4.39 Å². The third-order valence-corrected chi connectivity index (χ3v) is 3.79. The number of nitrogens with one attached hydrogen (secondary N) is 2. The van der Waals surface area contributed by atoms with Gasteiger partial charge in [0, 0.05) is 5.69 Å². The number of carbonyl (C=O) groups is 1. The summed E-state index contributed by atoms with van der Waals surface area (Å²) in [5.74, 6) is -0.684. The Morgan fingerprint density at radius 3 is 2.50 bits per heavy atom. The van der Waals surface area contributed by atoms with Gasteiger partial charge < -0.3 is 10.6 Å². The Morgan fingerprint density at radius 2 is 1.86 bits per heavy atom. The average Bonchev–Trinajstić information content (AvgIpc) is 2.45. The van der Waals surface area contributed by atoms with Crippen LogP contribution in [0, 0.1) is 19.7 Å². The van der Waals surface area contributed by atoms with Crippen LogP contribution in [0.1, 0.15) is 18.1 Å². The molecule has 0 aliphatic carbocycles. The highest BCUT2D eigenvalue weighted by Crippen LogP contribution is 2.23. The minimum absolute atomic E-state index is 0.173. The Labute approximate surface area is 134 Å². The third-order valence-electron chi connectivity index (χ3n) is 3.47. The molecule has 2 N–H and O–H groups in total. The summed E-state index contributed by atoms with van der Waals surface area (Å²) in [5, 5.41) is 5.99. The Balaban J connectivity index is 2.04. The van der Waals surface area contributed by atoms with Gasteiger partial charge in [-0.2, -0.15) is 0 Å². The van der Waals surface area contributed by atoms with Gasteiger partial charge in [0.2, 0.25) is 5.91 Å². The van der Waals surface area contributed by atoms with Crippen LogP contribution in [0.25, 0.3) is 0 Å². The number of aryl methyl sites for hydroxylation is 2. The topological polar surface area (TPSA) is 41.1 Å². The van der Waals surface area contributed by atoms with Gasteiger partial charge in [-0.1, -0.05) is 17.7 Å². The first-order valence-corrected chi connectivity index (χ1v) is 7.34. The summed E-state index contributed by atoms with van der Waals surface area (Å²) in [4.78, 5) is 12.2. The first-order valence-electron chi connectivity index (χ1n) is 6.96. The largest absolute Gasteiger partial charge is 0.374 e. The zero-order chi connectivity index (χ0) is 16.3. The van der Waals surface area contributed by atoms with Crippen LogP contribution in [0.15, 0.2) is 36.4 Å². The van der Waals surface area contributed by atoms with Crippen molar-refractivity contribution in [3.05, 3.63) is 58.4 Å². The summed E-state index contributed by atoms with van der Waals surface area (Å²) in [6, 6.07) is 9.32. The number of hydrogen-bond acceptors (Lipinski definition) is 2. The highest BCUT2D eigenvalue weighted by molar-refractivity contribution is 6.33. The van der Waals surface area contributed by atoms with E-state index in [9.17, 15) is 9.18 Å². The summed E-state index contributed by atoms with van der Waals surface area (Å²) < 4.78 is 13.0. The molecule has 0 saturated carbocycles. The first-order chi connectivity index (χ1) is 10.4. The van der Waals surface area contributed by atoms with Gasteiger partial charge >= 0.3 is 0 Å². The van der Waals surface area contributed by atoms with Crippen molar-refractivity contribution in [2.75, 3.05) is 10.6 Å². The number of halogens is 2. The van der Waals surface area contributed by atoms with Crippen LogP contribution in [0.3, 0.4) is 0 Å². The zero-order valence-electron chi connectivity index (χ0n) is 12.7. The van der Waals surface area contributed by atoms with Crippen LogP contribution in [-0.4, -0.2) is 11.9 Å². The van der Waals surface area contributed by atoms with E-state index in [0.29, 0.717) is 5.69 Å². The number of amides is 1. The summed E-state index contributed by atoms with van der Waals surface area (Å²) in [7, 11) is 0. The number of anilines is 2. The zero-order valence-corrected chi connectivity index (χ0v) is 13.5. The van der Waals surface area contributed by atoms with Gasteiger partial charge in [0.15, 0.2) is 0 Å². The molecule has 0 aromatic heterocycles. The average molecular weight is 321 g/mol. The van der Waals surface area contributed by atoms with Gasteiger partial charge in [0.05, 0.1) is 10.7 Å². The molecule has 0 fully saturated rings. The van der Waals surface area contributed by atoms with Gasteiger partial charge in [0.25, 0.3) is 0 Å². The van der Waals surface area contributed by atoms with Crippen molar-refractivity contribution in [2.24, 2.45) is 0 Å². The maximum Gasteiger partial charge on any atom is 0.246 e. The second kappa shape index (κ2) is 6.79. The summed E-state index contributed by atoms with van der Waals surface area (Å²) >= 11 is 5.90. The Hall–Kier alpha value is -2.07. The molecule has 3 nitrogen and oxygen atoms in total. The lowest BCUT2D eigenvalue weighted by molar-refractivity contribution is -0.116. The lowest BCUT2D eigenvalue weighted by Gasteiger charge is -2.16. The molecule has 5 heteroatoms. The van der Waals surface area contributed by atoms with E-state index in [2.05, 4.69) is 10.6 Å². The third kappa shape index (κ3) is 3.98. The van der Waals surface area contributed by atoms with Gasteiger partial charge in [-0.15, -0.1) is 0 Å². The van der Waals surface area contributed by atoms with Gasteiger partial charge in [-0.05, 0) is 62.2 Å². The summed E-state index contributed by atoms with van der Waals surface area (Å²) in [6.07, 6.45) is 0. The Kier molecular flexibility index (Phi) is 5.03. The van der Waals surface area contributed by atoms with E-state index in [1.807, 2.05) is 32.0 Å². The molecule has 1 atom stereocenters. The molecule has 116 valence electrons. The number of rotatable bonds is 4. The number of carbonyl (C=O) groups excluding carboxylic acids is 1. The number of benzene rings is 2. The van der Waals surface area contributed by atoms with Crippen LogP contribution in [0.4, 0.5) is 15.8 Å². The van der Waals surface area contributed by atoms with Crippen LogP contribution in [0.2, 0.25) is 5.02 Å². The fraction of sp³-hybridized carbons (Fsp3) is 0.235. The molecule has 2 rings (SSSR count). The standard InChI is InChI=1S/C17H18ClFN2O/c1-10-4-6-14(8-11(10)2)20-12(3)17(22)21-16-7-5-13(19)9-15(16)18/h4-9,12,20H,1-3H3,(H,21,22). The molecule has 0 saturated heterocycles. The molecule has 1 amide bonds. The molecule has 0 bridgehead atoms. The molecule has 0 radical (unpaired) electrons. The first kappa shape index (κ1) is 16.3. The van der Waals surface area contributed by atoms with Gasteiger partial charge in [-0.3, -0.25) is 4.79 Å². The van der Waals surface area contributed by atoms with E-state index < -0.39 is 11.9 Å². The summed E-state index contributed by atoms with van der Waals surface area (Å²) in [5.41, 5.74) is 3.61. The predicted molar refractivity (Wildman–Crippen MR) is 89.0 cm³/mol. The van der Waals surface area contributed by atoms with E-state index in [-0.39, 0.29) is 10.9 Å². The van der Waals surface area contributed by atoms with Crippen molar-refractivity contribution < 1.29 is 9.18 Å². The molecular weight excluding hydrogens is 303 g/mol. The van der Waals surface area contributed by atoms with E-state index in [4.69, 9.17) is 11.6 Å². The second-order valence-corrected chi connectivity index (χ2v) is 5.69. The fourth-order valence-corrected chi connectivity index (χ4v) is 2.19. The molecule has 1 unspecified atom stereocenters. The van der Waals surface area contributed by atoms with Crippen molar-refractivity contribution >= 4 is 28.9 Å². The van der Waals surface area contributed by atoms with E-state index in [0.717, 1.165) is 11.3 Å². The quantitative estimate of drug-likeness (QED) is 0.868. The maximum atomic E-state index is 13.0. The highest BCUT2D eigenvalue weighted by Gasteiger charge is 2.14. The van der Waals surface area contributed by atoms with Crippen molar-refractivity contribution in [3.8, 4) is 0 Å². The van der Waals surface area contributed by atoms with E-state index in [1.165, 1.54) is 23.8 Å². The molecule has 0 heterocycles. The summed E-state index contributed by atoms with van der Waals surface area (Å²) in [6.45, 7) is 5.80. The smallest absolute Gasteiger partial charge is 0.246 e. The lowest BCUT2D eigenvalue weighted by atomic mass is 10.1. The minimum Gasteiger partial charge on any atom is -0.374 e. The molecule has 0 aliphatic rings. The van der Waals surface area contributed by atoms with Crippen LogP contribution in [-0.2, 0) is 4.79 Å². The number of hydrogen-bond donors (Lipinski definition) is 2. The van der Waals surface area contributed by atoms with Gasteiger partial charge in [0.1, 0.15) is 11.9 Å². The Morgan fingerprint density at radius 1 is 1.14 bits per heavy atom. The van der Waals surface area contributed by atoms with Crippen molar-refractivity contribution in [2.45, 2.75) is 26.8 Å². The van der Waals surface area contributed by atoms with Crippen LogP contribution >= 0.6 is 11.6 Å². The molecular formula is C17H18ClFN2O. The molecule has 0 spiro atoms. The minimum atomic E-state index is -0.455. The fourth-order valence-electron chi connectivity index (χ4n) is 1.98. The predicted octanol–water partition coefficient (Wildman–Crippen LogP) is 4.54. The molecule has 2 aromatic rings. The van der Waals surface area contributed by atoms with E-state index in [1.54, 1.807) is 6.92 Å². The van der Waals surface area contributed by atoms with Crippen molar-refractivity contribution in [1.29, 1.82) is 0 Å². The monoisotopic (exact) mass is 320 g/mol. The lowest BCUT2D eigenvalue weighted by Crippen LogP contribution is -2.32. The van der Waals surface area contributed by atoms with Crippen LogP contribution in [0.5, 0.6) is 0 Å². The molecule has 22 heavy (non-hydrogen) atoms. The molecule has 0 aliphatic heterocycles.